The smallest absolute Gasteiger partial charge is 0.447 e. The second kappa shape index (κ2) is 8.04. The summed E-state index contributed by atoms with van der Waals surface area (Å²) in [6, 6.07) is 1.34. The summed E-state index contributed by atoms with van der Waals surface area (Å²) in [6.45, 7) is 4.85. The van der Waals surface area contributed by atoms with Gasteiger partial charge in [0.2, 0.25) is 0 Å². The zero-order valence-electron chi connectivity index (χ0n) is 13.8. The van der Waals surface area contributed by atoms with Gasteiger partial charge in [-0.1, -0.05) is 6.92 Å². The lowest BCUT2D eigenvalue weighted by Gasteiger charge is -2.05. The van der Waals surface area contributed by atoms with Crippen molar-refractivity contribution >= 4 is 35.4 Å². The van der Waals surface area contributed by atoms with E-state index in [-0.39, 0.29) is 22.3 Å². The zero-order chi connectivity index (χ0) is 19.5. The number of hydrogen-bond acceptors (Lipinski definition) is 6. The number of nitrogens with zero attached hydrogens (tertiary/aromatic N) is 4. The quantitative estimate of drug-likeness (QED) is 0.745. The summed E-state index contributed by atoms with van der Waals surface area (Å²) < 4.78 is 51.3. The third-order valence-electron chi connectivity index (χ3n) is 3.13. The molecule has 0 amide bonds. The minimum Gasteiger partial charge on any atom is -0.506 e. The number of aromatic hydroxyl groups is 1. The topological polar surface area (TPSA) is 80.4 Å². The number of halogens is 3. The van der Waals surface area contributed by atoms with Gasteiger partial charge < -0.3 is 9.67 Å². The number of thioether (sulfide) groups is 1. The Morgan fingerprint density at radius 1 is 1.54 bits per heavy atom. The van der Waals surface area contributed by atoms with E-state index in [2.05, 4.69) is 21.7 Å². The zero-order valence-corrected chi connectivity index (χ0v) is 15.5. The van der Waals surface area contributed by atoms with Crippen LogP contribution in [0.3, 0.4) is 0 Å². The van der Waals surface area contributed by atoms with Crippen LogP contribution in [0.4, 0.5) is 13.2 Å². The van der Waals surface area contributed by atoms with E-state index in [4.69, 9.17) is 0 Å². The maximum absolute atomic E-state index is 12.5. The van der Waals surface area contributed by atoms with Crippen molar-refractivity contribution in [1.82, 2.24) is 14.5 Å². The van der Waals surface area contributed by atoms with Gasteiger partial charge in [0.25, 0.3) is 0 Å². The fourth-order valence-corrected chi connectivity index (χ4v) is 3.42. The minimum atomic E-state index is -4.50. The van der Waals surface area contributed by atoms with Crippen LogP contribution in [0.25, 0.3) is 17.5 Å². The molecule has 2 rings (SSSR count). The molecule has 0 spiro atoms. The average Bonchev–Trinajstić information content (AvgIpc) is 2.92. The maximum atomic E-state index is 12.5. The van der Waals surface area contributed by atoms with Gasteiger partial charge in [0, 0.05) is 36.8 Å². The molecule has 0 radical (unpaired) electrons. The first-order chi connectivity index (χ1) is 12.1. The van der Waals surface area contributed by atoms with Crippen LogP contribution >= 0.6 is 11.8 Å². The van der Waals surface area contributed by atoms with E-state index >= 15 is 0 Å². The summed E-state index contributed by atoms with van der Waals surface area (Å²) >= 11 is -0.395. The summed E-state index contributed by atoms with van der Waals surface area (Å²) in [7, 11) is 0.191. The first kappa shape index (κ1) is 20.2. The largest absolute Gasteiger partial charge is 0.506 e. The van der Waals surface area contributed by atoms with E-state index in [1.54, 1.807) is 20.2 Å². The van der Waals surface area contributed by atoms with E-state index in [0.717, 1.165) is 6.08 Å². The Labute approximate surface area is 154 Å². The number of aromatic nitrogens is 3. The molecule has 0 aliphatic rings. The standard InChI is InChI=1S/C15H15F3N4O2S2/c1-4-26(24)11-5-9(23)7-20-14(11)10-8-22(3)12(21-10)6-13(19-2)25-15(16,17)18/h5-8,23H,2,4H2,1,3H3/b13-6+. The molecule has 0 saturated carbocycles. The maximum Gasteiger partial charge on any atom is 0.447 e. The molecule has 0 aliphatic carbocycles. The predicted octanol–water partition coefficient (Wildman–Crippen LogP) is 3.57. The van der Waals surface area contributed by atoms with Gasteiger partial charge in [-0.3, -0.25) is 9.20 Å². The molecule has 1 N–H and O–H groups in total. The summed E-state index contributed by atoms with van der Waals surface area (Å²) in [5, 5.41) is 9.23. The first-order valence-electron chi connectivity index (χ1n) is 7.20. The Morgan fingerprint density at radius 2 is 2.23 bits per heavy atom. The van der Waals surface area contributed by atoms with Crippen LogP contribution in [0.1, 0.15) is 12.7 Å². The highest BCUT2D eigenvalue weighted by molar-refractivity contribution is 8.04. The first-order valence-corrected chi connectivity index (χ1v) is 9.33. The molecular formula is C15H15F3N4O2S2. The Hall–Kier alpha value is -2.14. The summed E-state index contributed by atoms with van der Waals surface area (Å²) in [5.41, 5.74) is -3.89. The number of alkyl halides is 3. The number of rotatable bonds is 6. The van der Waals surface area contributed by atoms with Crippen LogP contribution in [0, 0.1) is 0 Å². The Morgan fingerprint density at radius 3 is 2.81 bits per heavy atom. The summed E-state index contributed by atoms with van der Waals surface area (Å²) in [5.74, 6) is 0.369. The van der Waals surface area contributed by atoms with Crippen molar-refractivity contribution in [3.63, 3.8) is 0 Å². The molecule has 2 heterocycles. The number of pyridine rings is 1. The van der Waals surface area contributed by atoms with Gasteiger partial charge in [-0.2, -0.15) is 13.2 Å². The Balaban J connectivity index is 2.49. The van der Waals surface area contributed by atoms with Gasteiger partial charge in [-0.15, -0.1) is 0 Å². The lowest BCUT2D eigenvalue weighted by atomic mass is 10.3. The highest BCUT2D eigenvalue weighted by atomic mass is 32.2. The molecule has 0 aliphatic heterocycles. The van der Waals surface area contributed by atoms with Crippen molar-refractivity contribution < 1.29 is 22.5 Å². The molecule has 11 heteroatoms. The number of aryl methyl sites for hydroxylation is 1. The van der Waals surface area contributed by atoms with E-state index in [1.165, 1.54) is 16.8 Å². The van der Waals surface area contributed by atoms with Crippen molar-refractivity contribution in [2.24, 2.45) is 12.0 Å². The number of hydrogen-bond donors (Lipinski definition) is 1. The van der Waals surface area contributed by atoms with Gasteiger partial charge in [0.05, 0.1) is 21.9 Å². The van der Waals surface area contributed by atoms with Crippen LogP contribution in [0.2, 0.25) is 0 Å². The molecular weight excluding hydrogens is 389 g/mol. The van der Waals surface area contributed by atoms with E-state index in [1.807, 2.05) is 0 Å². The van der Waals surface area contributed by atoms with Crippen LogP contribution in [-0.2, 0) is 17.8 Å². The van der Waals surface area contributed by atoms with Crippen molar-refractivity contribution in [2.45, 2.75) is 17.3 Å². The SMILES string of the molecule is C=N/C(=C\c1nc(-c2ncc(O)cc2S(=O)CC)cn1C)SC(F)(F)F. The second-order valence-corrected chi connectivity index (χ2v) is 7.75. The van der Waals surface area contributed by atoms with Crippen LogP contribution in [-0.4, -0.2) is 41.8 Å². The minimum absolute atomic E-state index is 0.138. The number of imidazole rings is 1. The summed E-state index contributed by atoms with van der Waals surface area (Å²) in [4.78, 5) is 12.0. The van der Waals surface area contributed by atoms with Crippen molar-refractivity contribution in [3.8, 4) is 17.1 Å². The fraction of sp³-hybridized carbons (Fsp3) is 0.267. The Kier molecular flexibility index (Phi) is 6.24. The predicted molar refractivity (Wildman–Crippen MR) is 96.2 cm³/mol. The molecule has 6 nitrogen and oxygen atoms in total. The lowest BCUT2D eigenvalue weighted by Crippen LogP contribution is -2.00. The lowest BCUT2D eigenvalue weighted by molar-refractivity contribution is -0.0322. The molecule has 0 aromatic carbocycles. The molecule has 0 bridgehead atoms. The average molecular weight is 404 g/mol. The molecule has 140 valence electrons. The molecule has 26 heavy (non-hydrogen) atoms. The fourth-order valence-electron chi connectivity index (χ4n) is 2.02. The normalized spacial score (nSPS) is 13.7. The molecule has 2 aromatic heterocycles. The highest BCUT2D eigenvalue weighted by Gasteiger charge is 2.30. The molecule has 0 saturated heterocycles. The van der Waals surface area contributed by atoms with Crippen LogP contribution < -0.4 is 0 Å². The third-order valence-corrected chi connectivity index (χ3v) is 5.14. The van der Waals surface area contributed by atoms with Crippen molar-refractivity contribution in [3.05, 3.63) is 29.3 Å². The third kappa shape index (κ3) is 4.94. The van der Waals surface area contributed by atoms with E-state index in [9.17, 15) is 22.5 Å². The Bertz CT molecular complexity index is 878. The molecule has 1 unspecified atom stereocenters. The highest BCUT2D eigenvalue weighted by Crippen LogP contribution is 2.37. The van der Waals surface area contributed by atoms with Crippen molar-refractivity contribution in [2.75, 3.05) is 5.75 Å². The molecule has 1 atom stereocenters. The van der Waals surface area contributed by atoms with Gasteiger partial charge in [0.15, 0.2) is 0 Å². The van der Waals surface area contributed by atoms with E-state index in [0.29, 0.717) is 16.3 Å². The second-order valence-electron chi connectivity index (χ2n) is 4.96. The van der Waals surface area contributed by atoms with Crippen molar-refractivity contribution in [1.29, 1.82) is 0 Å². The summed E-state index contributed by atoms with van der Waals surface area (Å²) in [6.07, 6.45) is 3.87. The van der Waals surface area contributed by atoms with Crippen LogP contribution in [0.5, 0.6) is 5.75 Å². The van der Waals surface area contributed by atoms with Gasteiger partial charge in [0.1, 0.15) is 28.0 Å². The van der Waals surface area contributed by atoms with E-state index < -0.39 is 28.1 Å². The molecule has 2 aromatic rings. The van der Waals surface area contributed by atoms with Gasteiger partial charge in [-0.25, -0.2) is 9.97 Å². The molecule has 0 fully saturated rings. The van der Waals surface area contributed by atoms with Gasteiger partial charge >= 0.3 is 5.51 Å². The van der Waals surface area contributed by atoms with Crippen LogP contribution in [0.15, 0.2) is 33.4 Å². The van der Waals surface area contributed by atoms with Gasteiger partial charge in [-0.05, 0) is 12.8 Å². The monoisotopic (exact) mass is 404 g/mol. The number of aliphatic imine (C=N–C) groups is 1.